The maximum Gasteiger partial charge on any atom is 0.275 e. The van der Waals surface area contributed by atoms with Crippen LogP contribution >= 0.6 is 11.7 Å². The summed E-state index contributed by atoms with van der Waals surface area (Å²) in [4.78, 5) is 13.9. The van der Waals surface area contributed by atoms with Crippen LogP contribution in [-0.2, 0) is 4.74 Å². The molecule has 16 heavy (non-hydrogen) atoms. The molecule has 6 heteroatoms. The van der Waals surface area contributed by atoms with Crippen LogP contribution in [0.3, 0.4) is 0 Å². The molecule has 0 aliphatic carbocycles. The molecule has 0 N–H and O–H groups in total. The Bertz CT molecular complexity index is 377. The fourth-order valence-electron chi connectivity index (χ4n) is 2.03. The molecule has 1 aromatic heterocycles. The van der Waals surface area contributed by atoms with Crippen LogP contribution < -0.4 is 0 Å². The minimum absolute atomic E-state index is 0.0549. The first-order chi connectivity index (χ1) is 7.48. The molecule has 1 aliphatic heterocycles. The number of aromatic nitrogens is 2. The number of ether oxygens (including phenoxy) is 1. The van der Waals surface area contributed by atoms with Crippen LogP contribution in [-0.4, -0.2) is 44.3 Å². The zero-order valence-corrected chi connectivity index (χ0v) is 10.5. The molecule has 88 valence electrons. The average Bonchev–Trinajstić information content (AvgIpc) is 2.65. The van der Waals surface area contributed by atoms with E-state index in [-0.39, 0.29) is 17.6 Å². The molecule has 1 atom stereocenters. The van der Waals surface area contributed by atoms with E-state index in [2.05, 4.69) is 8.75 Å². The maximum absolute atomic E-state index is 12.1. The van der Waals surface area contributed by atoms with E-state index in [0.717, 1.165) is 11.7 Å². The fraction of sp³-hybridized carbons (Fsp3) is 0.700. The fourth-order valence-corrected chi connectivity index (χ4v) is 2.44. The number of hydrogen-bond donors (Lipinski definition) is 0. The molecular formula is C10H15N3O2S. The molecule has 0 saturated carbocycles. The number of carbonyl (C=O) groups excluding carboxylic acids is 1. The second-order valence-electron chi connectivity index (χ2n) is 4.67. The van der Waals surface area contributed by atoms with E-state index in [4.69, 9.17) is 4.74 Å². The van der Waals surface area contributed by atoms with Gasteiger partial charge in [0.2, 0.25) is 0 Å². The smallest absolute Gasteiger partial charge is 0.275 e. The average molecular weight is 241 g/mol. The third-order valence-corrected chi connectivity index (χ3v) is 2.92. The van der Waals surface area contributed by atoms with Crippen molar-refractivity contribution >= 4 is 17.6 Å². The first-order valence-corrected chi connectivity index (χ1v) is 5.96. The molecule has 5 nitrogen and oxygen atoms in total. The molecule has 0 spiro atoms. The lowest BCUT2D eigenvalue weighted by molar-refractivity contribution is -0.118. The topological polar surface area (TPSA) is 55.3 Å². The van der Waals surface area contributed by atoms with E-state index in [9.17, 15) is 4.79 Å². The highest BCUT2D eigenvalue weighted by atomic mass is 32.1. The molecule has 0 bridgehead atoms. The lowest BCUT2D eigenvalue weighted by Crippen LogP contribution is -2.53. The summed E-state index contributed by atoms with van der Waals surface area (Å²) in [6, 6.07) is 0. The Hall–Kier alpha value is -1.01. The van der Waals surface area contributed by atoms with Crippen molar-refractivity contribution in [3.05, 3.63) is 11.9 Å². The zero-order valence-electron chi connectivity index (χ0n) is 9.64. The number of hydrogen-bond acceptors (Lipinski definition) is 5. The lowest BCUT2D eigenvalue weighted by Gasteiger charge is -2.41. The molecule has 1 unspecified atom stereocenters. The summed E-state index contributed by atoms with van der Waals surface area (Å²) < 4.78 is 13.6. The van der Waals surface area contributed by atoms with E-state index in [0.29, 0.717) is 18.8 Å². The van der Waals surface area contributed by atoms with Gasteiger partial charge in [0.25, 0.3) is 5.91 Å². The Morgan fingerprint density at radius 1 is 1.69 bits per heavy atom. The van der Waals surface area contributed by atoms with E-state index >= 15 is 0 Å². The number of amides is 1. The third kappa shape index (κ3) is 2.38. The van der Waals surface area contributed by atoms with Crippen molar-refractivity contribution < 1.29 is 9.53 Å². The van der Waals surface area contributed by atoms with Gasteiger partial charge < -0.3 is 9.64 Å². The van der Waals surface area contributed by atoms with Gasteiger partial charge in [0.1, 0.15) is 0 Å². The van der Waals surface area contributed by atoms with Crippen molar-refractivity contribution in [2.45, 2.75) is 32.5 Å². The van der Waals surface area contributed by atoms with Crippen LogP contribution in [0.25, 0.3) is 0 Å². The summed E-state index contributed by atoms with van der Waals surface area (Å²) in [6.45, 7) is 7.15. The molecule has 1 aromatic rings. The Kier molecular flexibility index (Phi) is 2.94. The Labute approximate surface area is 98.7 Å². The van der Waals surface area contributed by atoms with Crippen LogP contribution in [0.2, 0.25) is 0 Å². The molecule has 1 aliphatic rings. The summed E-state index contributed by atoms with van der Waals surface area (Å²) in [5.74, 6) is -0.0584. The van der Waals surface area contributed by atoms with Gasteiger partial charge in [0, 0.05) is 13.1 Å². The number of carbonyl (C=O) groups is 1. The number of nitrogens with zero attached hydrogens (tertiary/aromatic N) is 3. The third-order valence-electron chi connectivity index (χ3n) is 2.44. The molecule has 0 aromatic carbocycles. The summed E-state index contributed by atoms with van der Waals surface area (Å²) in [7, 11) is 0. The van der Waals surface area contributed by atoms with E-state index in [1.165, 1.54) is 6.20 Å². The van der Waals surface area contributed by atoms with Gasteiger partial charge in [-0.1, -0.05) is 0 Å². The van der Waals surface area contributed by atoms with Crippen LogP contribution in [0.15, 0.2) is 6.20 Å². The highest BCUT2D eigenvalue weighted by Crippen LogP contribution is 2.21. The van der Waals surface area contributed by atoms with Crippen LogP contribution in [0, 0.1) is 0 Å². The van der Waals surface area contributed by atoms with Crippen molar-refractivity contribution in [2.75, 3.05) is 13.1 Å². The minimum Gasteiger partial charge on any atom is -0.369 e. The molecule has 1 fully saturated rings. The van der Waals surface area contributed by atoms with Crippen molar-refractivity contribution in [1.29, 1.82) is 0 Å². The van der Waals surface area contributed by atoms with Gasteiger partial charge in [-0.05, 0) is 20.8 Å². The first kappa shape index (κ1) is 11.5. The number of morpholine rings is 1. The standard InChI is InChI=1S/C10H15N3O2S/c1-7-5-13(6-10(2,3)15-7)9(14)8-4-11-16-12-8/h4,7H,5-6H2,1-3H3. The number of rotatable bonds is 1. The second-order valence-corrected chi connectivity index (χ2v) is 5.22. The maximum atomic E-state index is 12.1. The normalized spacial score (nSPS) is 24.4. The van der Waals surface area contributed by atoms with Crippen LogP contribution in [0.4, 0.5) is 0 Å². The van der Waals surface area contributed by atoms with Crippen molar-refractivity contribution in [2.24, 2.45) is 0 Å². The van der Waals surface area contributed by atoms with Gasteiger partial charge in [0.05, 0.1) is 29.6 Å². The van der Waals surface area contributed by atoms with Crippen LogP contribution in [0.5, 0.6) is 0 Å². The van der Waals surface area contributed by atoms with E-state index in [1.54, 1.807) is 4.90 Å². The van der Waals surface area contributed by atoms with Gasteiger partial charge in [-0.25, -0.2) is 0 Å². The lowest BCUT2D eigenvalue weighted by atomic mass is 10.1. The quantitative estimate of drug-likeness (QED) is 0.741. The van der Waals surface area contributed by atoms with Gasteiger partial charge in [-0.2, -0.15) is 8.75 Å². The van der Waals surface area contributed by atoms with Crippen molar-refractivity contribution in [1.82, 2.24) is 13.6 Å². The largest absolute Gasteiger partial charge is 0.369 e. The molecule has 1 amide bonds. The Balaban J connectivity index is 2.12. The second kappa shape index (κ2) is 4.10. The summed E-state index contributed by atoms with van der Waals surface area (Å²) in [5.41, 5.74) is 0.131. The molecular weight excluding hydrogens is 226 g/mol. The first-order valence-electron chi connectivity index (χ1n) is 5.22. The Morgan fingerprint density at radius 3 is 3.00 bits per heavy atom. The summed E-state index contributed by atoms with van der Waals surface area (Å²) in [5, 5.41) is 0. The SMILES string of the molecule is CC1CN(C(=O)c2cnsn2)CC(C)(C)O1. The highest BCUT2D eigenvalue weighted by molar-refractivity contribution is 6.99. The van der Waals surface area contributed by atoms with Gasteiger partial charge in [-0.3, -0.25) is 4.79 Å². The summed E-state index contributed by atoms with van der Waals surface area (Å²) in [6.07, 6.45) is 1.57. The molecule has 2 rings (SSSR count). The summed E-state index contributed by atoms with van der Waals surface area (Å²) >= 11 is 1.05. The Morgan fingerprint density at radius 2 is 2.44 bits per heavy atom. The van der Waals surface area contributed by atoms with Gasteiger partial charge in [0.15, 0.2) is 5.69 Å². The molecule has 0 radical (unpaired) electrons. The van der Waals surface area contributed by atoms with Gasteiger partial charge >= 0.3 is 0 Å². The minimum atomic E-state index is -0.295. The van der Waals surface area contributed by atoms with E-state index in [1.807, 2.05) is 20.8 Å². The van der Waals surface area contributed by atoms with Crippen LogP contribution in [0.1, 0.15) is 31.3 Å². The molecule has 1 saturated heterocycles. The monoisotopic (exact) mass is 241 g/mol. The molecule has 2 heterocycles. The van der Waals surface area contributed by atoms with Crippen molar-refractivity contribution in [3.63, 3.8) is 0 Å². The van der Waals surface area contributed by atoms with Crippen molar-refractivity contribution in [3.8, 4) is 0 Å². The predicted octanol–water partition coefficient (Wildman–Crippen LogP) is 1.18. The zero-order chi connectivity index (χ0) is 11.8. The predicted molar refractivity (Wildman–Crippen MR) is 60.4 cm³/mol. The van der Waals surface area contributed by atoms with E-state index < -0.39 is 0 Å². The highest BCUT2D eigenvalue weighted by Gasteiger charge is 2.34. The van der Waals surface area contributed by atoms with Gasteiger partial charge in [-0.15, -0.1) is 0 Å².